The highest BCUT2D eigenvalue weighted by Crippen LogP contribution is 2.37. The van der Waals surface area contributed by atoms with E-state index < -0.39 is 32.2 Å². The van der Waals surface area contributed by atoms with Crippen LogP contribution in [0.5, 0.6) is 5.75 Å². The van der Waals surface area contributed by atoms with Crippen LogP contribution >= 0.6 is 0 Å². The molecule has 1 aliphatic carbocycles. The first kappa shape index (κ1) is 26.8. The van der Waals surface area contributed by atoms with Crippen LogP contribution < -0.4 is 4.74 Å². The maximum absolute atomic E-state index is 13.6. The summed E-state index contributed by atoms with van der Waals surface area (Å²) in [5, 5.41) is 9.74. The third kappa shape index (κ3) is 5.10. The molecule has 1 aromatic carbocycles. The van der Waals surface area contributed by atoms with Gasteiger partial charge in [-0.25, -0.2) is 21.8 Å². The molecule has 0 spiro atoms. The van der Waals surface area contributed by atoms with Crippen molar-refractivity contribution in [2.24, 2.45) is 13.0 Å². The Morgan fingerprint density at radius 2 is 2.08 bits per heavy atom. The van der Waals surface area contributed by atoms with E-state index in [9.17, 15) is 21.9 Å². The van der Waals surface area contributed by atoms with Crippen molar-refractivity contribution < 1.29 is 26.7 Å². The van der Waals surface area contributed by atoms with Crippen LogP contribution in [0.2, 0.25) is 0 Å². The number of aryl methyl sites for hydroxylation is 1. The molecule has 3 atom stereocenters. The van der Waals surface area contributed by atoms with Gasteiger partial charge in [0.25, 0.3) is 10.0 Å². The van der Waals surface area contributed by atoms with Gasteiger partial charge in [0.2, 0.25) is 10.0 Å². The number of fused-ring (bicyclic) bond motifs is 1. The van der Waals surface area contributed by atoms with Crippen LogP contribution in [0.15, 0.2) is 46.7 Å². The Labute approximate surface area is 213 Å². The Hall–Kier alpha value is -2.25. The molecule has 2 aromatic rings. The Bertz CT molecular complexity index is 1350. The lowest BCUT2D eigenvalue weighted by atomic mass is 10.0. The second kappa shape index (κ2) is 10.3. The summed E-state index contributed by atoms with van der Waals surface area (Å²) in [4.78, 5) is 3.99. The van der Waals surface area contributed by atoms with Gasteiger partial charge < -0.3 is 14.4 Å². The lowest BCUT2D eigenvalue weighted by Crippen LogP contribution is -2.50. The predicted octanol–water partition coefficient (Wildman–Crippen LogP) is 2.08. The number of benzene rings is 1. The number of nitrogens with zero attached hydrogens (tertiary/aromatic N) is 4. The molecule has 0 amide bonds. The molecule has 2 heterocycles. The molecule has 0 saturated heterocycles. The number of aliphatic hydroxyl groups excluding tert-OH is 1. The van der Waals surface area contributed by atoms with Gasteiger partial charge in [-0.3, -0.25) is 0 Å². The number of rotatable bonds is 7. The largest absolute Gasteiger partial charge is 0.487 e. The third-order valence-electron chi connectivity index (χ3n) is 6.87. The van der Waals surface area contributed by atoms with Crippen LogP contribution in [-0.2, 0) is 27.1 Å². The summed E-state index contributed by atoms with van der Waals surface area (Å²) < 4.78 is 63.9. The van der Waals surface area contributed by atoms with Crippen LogP contribution in [0.1, 0.15) is 38.7 Å². The molecule has 0 radical (unpaired) electrons. The molecule has 36 heavy (non-hydrogen) atoms. The maximum Gasteiger partial charge on any atom is 0.261 e. The Balaban J connectivity index is 1.74. The molecule has 2 aliphatic rings. The summed E-state index contributed by atoms with van der Waals surface area (Å²) in [5.41, 5.74) is 2.03. The number of sulfonamides is 2. The molecule has 0 unspecified atom stereocenters. The van der Waals surface area contributed by atoms with Gasteiger partial charge in [-0.15, -0.1) is 0 Å². The second-order valence-electron chi connectivity index (χ2n) is 9.69. The quantitative estimate of drug-likeness (QED) is 0.573. The van der Waals surface area contributed by atoms with Gasteiger partial charge in [-0.1, -0.05) is 19.1 Å². The highest BCUT2D eigenvalue weighted by Gasteiger charge is 2.39. The van der Waals surface area contributed by atoms with E-state index in [-0.39, 0.29) is 41.3 Å². The number of hydrogen-bond acceptors (Lipinski definition) is 7. The molecule has 10 nitrogen and oxygen atoms in total. The van der Waals surface area contributed by atoms with Crippen molar-refractivity contribution in [3.8, 4) is 5.75 Å². The van der Waals surface area contributed by atoms with Crippen molar-refractivity contribution in [3.63, 3.8) is 0 Å². The van der Waals surface area contributed by atoms with Crippen LogP contribution in [0.25, 0.3) is 5.57 Å². The van der Waals surface area contributed by atoms with Crippen molar-refractivity contribution in [2.75, 3.05) is 26.7 Å². The van der Waals surface area contributed by atoms with Gasteiger partial charge in [0.05, 0.1) is 19.5 Å². The van der Waals surface area contributed by atoms with Gasteiger partial charge >= 0.3 is 0 Å². The molecule has 12 heteroatoms. The molecular weight excluding hydrogens is 504 g/mol. The van der Waals surface area contributed by atoms with Crippen molar-refractivity contribution >= 4 is 25.6 Å². The van der Waals surface area contributed by atoms with Gasteiger partial charge in [0.1, 0.15) is 16.7 Å². The van der Waals surface area contributed by atoms with Crippen LogP contribution in [-0.4, -0.2) is 79.0 Å². The minimum atomic E-state index is -3.96. The Morgan fingerprint density at radius 1 is 1.33 bits per heavy atom. The Kier molecular flexibility index (Phi) is 7.63. The number of allylic oxidation sites excluding steroid dienone is 2. The lowest BCUT2D eigenvalue weighted by Gasteiger charge is -2.37. The van der Waals surface area contributed by atoms with E-state index >= 15 is 0 Å². The highest BCUT2D eigenvalue weighted by atomic mass is 32.2. The van der Waals surface area contributed by atoms with Gasteiger partial charge in [-0.05, 0) is 49.5 Å². The van der Waals surface area contributed by atoms with Crippen LogP contribution in [0, 0.1) is 5.92 Å². The van der Waals surface area contributed by atoms with Crippen LogP contribution in [0.3, 0.4) is 0 Å². The monoisotopic (exact) mass is 538 g/mol. The first-order valence-corrected chi connectivity index (χ1v) is 14.9. The third-order valence-corrected chi connectivity index (χ3v) is 10.6. The average molecular weight is 539 g/mol. The van der Waals surface area contributed by atoms with Crippen LogP contribution in [0.4, 0.5) is 0 Å². The van der Waals surface area contributed by atoms with Gasteiger partial charge in [0.15, 0.2) is 5.03 Å². The fourth-order valence-electron chi connectivity index (χ4n) is 4.61. The summed E-state index contributed by atoms with van der Waals surface area (Å²) >= 11 is 0. The molecule has 1 aliphatic heterocycles. The Morgan fingerprint density at radius 3 is 2.69 bits per heavy atom. The molecule has 0 fully saturated rings. The SMILES string of the molecule is C[C@H]1CN([C@@H](C)CO)S(=O)(=O)c2ccc(C3=CCCC3)cc2O[C@H]1CN(C)S(=O)(=O)c1cn(C)cn1. The maximum atomic E-state index is 13.6. The summed E-state index contributed by atoms with van der Waals surface area (Å²) in [6.45, 7) is 3.20. The van der Waals surface area contributed by atoms with E-state index in [2.05, 4.69) is 11.1 Å². The number of imidazole rings is 1. The van der Waals surface area contributed by atoms with Crippen molar-refractivity contribution in [2.45, 2.75) is 55.2 Å². The number of aromatic nitrogens is 2. The number of hydrogen-bond donors (Lipinski definition) is 1. The molecule has 0 bridgehead atoms. The lowest BCUT2D eigenvalue weighted by molar-refractivity contribution is 0.0904. The summed E-state index contributed by atoms with van der Waals surface area (Å²) in [5.74, 6) is -0.187. The van der Waals surface area contributed by atoms with Gasteiger partial charge in [0, 0.05) is 38.8 Å². The molecular formula is C24H34N4O6S2. The predicted molar refractivity (Wildman–Crippen MR) is 135 cm³/mol. The summed E-state index contributed by atoms with van der Waals surface area (Å²) in [6.07, 6.45) is 7.28. The highest BCUT2D eigenvalue weighted by molar-refractivity contribution is 7.89. The normalized spacial score (nSPS) is 23.4. The molecule has 1 N–H and O–H groups in total. The molecule has 0 saturated carbocycles. The fraction of sp³-hybridized carbons (Fsp3) is 0.542. The number of ether oxygens (including phenoxy) is 1. The van der Waals surface area contributed by atoms with E-state index in [4.69, 9.17) is 4.74 Å². The van der Waals surface area contributed by atoms with E-state index in [1.165, 1.54) is 28.2 Å². The summed E-state index contributed by atoms with van der Waals surface area (Å²) in [7, 11) is -4.69. The number of aliphatic hydroxyl groups is 1. The topological polar surface area (TPSA) is 122 Å². The standard InChI is InChI=1S/C24H34N4O6S2/c1-17-12-28(18(2)15-29)35(30,31)23-10-9-20(19-7-5-6-8-19)11-21(23)34-22(17)13-27(4)36(32,33)24-14-26(3)16-25-24/h7,9-11,14,16-18,22,29H,5-6,8,12-13,15H2,1-4H3/t17-,18-,22-/m0/s1. The van der Waals surface area contributed by atoms with Crippen molar-refractivity contribution in [3.05, 3.63) is 42.4 Å². The zero-order chi connectivity index (χ0) is 26.3. The fourth-order valence-corrected chi connectivity index (χ4v) is 7.58. The minimum Gasteiger partial charge on any atom is -0.487 e. The van der Waals surface area contributed by atoms with Crippen molar-refractivity contribution in [1.82, 2.24) is 18.2 Å². The molecule has 1 aromatic heterocycles. The van der Waals surface area contributed by atoms with E-state index in [1.807, 2.05) is 6.92 Å². The van der Waals surface area contributed by atoms with Crippen molar-refractivity contribution in [1.29, 1.82) is 0 Å². The van der Waals surface area contributed by atoms with E-state index in [0.717, 1.165) is 30.4 Å². The molecule has 4 rings (SSSR count). The number of likely N-dealkylation sites (N-methyl/N-ethyl adjacent to an activating group) is 1. The average Bonchev–Trinajstić information content (AvgIpc) is 3.53. The van der Waals surface area contributed by atoms with E-state index in [1.54, 1.807) is 36.7 Å². The van der Waals surface area contributed by atoms with Gasteiger partial charge in [-0.2, -0.15) is 8.61 Å². The minimum absolute atomic E-state index is 0.00612. The summed E-state index contributed by atoms with van der Waals surface area (Å²) in [6, 6.07) is 4.43. The van der Waals surface area contributed by atoms with E-state index in [0.29, 0.717) is 0 Å². The zero-order valence-electron chi connectivity index (χ0n) is 21.0. The second-order valence-corrected chi connectivity index (χ2v) is 13.5. The first-order valence-electron chi connectivity index (χ1n) is 12.0. The zero-order valence-corrected chi connectivity index (χ0v) is 22.7. The smallest absolute Gasteiger partial charge is 0.261 e. The first-order chi connectivity index (χ1) is 16.9. The molecule has 198 valence electrons.